The van der Waals surface area contributed by atoms with Gasteiger partial charge in [0.1, 0.15) is 18.1 Å². The van der Waals surface area contributed by atoms with E-state index < -0.39 is 0 Å². The van der Waals surface area contributed by atoms with E-state index in [1.807, 2.05) is 12.1 Å². The summed E-state index contributed by atoms with van der Waals surface area (Å²) in [7, 11) is 0. The number of amides is 1. The Morgan fingerprint density at radius 1 is 0.725 bits per heavy atom. The molecule has 1 amide bonds. The monoisotopic (exact) mass is 537 g/mol. The molecule has 0 unspecified atom stereocenters. The molecule has 210 valence electrons. The molecular formula is C36H43NO3. The zero-order valence-electron chi connectivity index (χ0n) is 23.6. The van der Waals surface area contributed by atoms with Gasteiger partial charge in [0.15, 0.2) is 0 Å². The lowest BCUT2D eigenvalue weighted by Gasteiger charge is -2.55. The van der Waals surface area contributed by atoms with E-state index in [0.29, 0.717) is 30.7 Å². The van der Waals surface area contributed by atoms with Crippen molar-refractivity contribution in [2.75, 3.05) is 13.2 Å². The van der Waals surface area contributed by atoms with Crippen molar-refractivity contribution in [1.29, 1.82) is 0 Å². The first-order valence-corrected chi connectivity index (χ1v) is 16.1. The van der Waals surface area contributed by atoms with Crippen LogP contribution in [-0.4, -0.2) is 24.2 Å². The number of rotatable bonds is 7. The summed E-state index contributed by atoms with van der Waals surface area (Å²) in [5, 5.41) is 13.2. The molecule has 4 heteroatoms. The highest BCUT2D eigenvalue weighted by molar-refractivity contribution is 5.84. The number of phenols is 1. The van der Waals surface area contributed by atoms with Crippen LogP contribution in [0.3, 0.4) is 0 Å². The average molecular weight is 538 g/mol. The molecule has 40 heavy (non-hydrogen) atoms. The van der Waals surface area contributed by atoms with Gasteiger partial charge in [-0.1, -0.05) is 29.8 Å². The van der Waals surface area contributed by atoms with Crippen molar-refractivity contribution in [2.45, 2.75) is 70.6 Å². The van der Waals surface area contributed by atoms with Crippen LogP contribution in [0.5, 0.6) is 11.5 Å². The number of hydrogen-bond acceptors (Lipinski definition) is 3. The quantitative estimate of drug-likeness (QED) is 0.363. The summed E-state index contributed by atoms with van der Waals surface area (Å²) >= 11 is 0. The Labute approximate surface area is 238 Å². The maximum atomic E-state index is 13.3. The molecule has 2 aromatic carbocycles. The molecule has 0 radical (unpaired) electrons. The van der Waals surface area contributed by atoms with Gasteiger partial charge in [-0.2, -0.15) is 0 Å². The summed E-state index contributed by atoms with van der Waals surface area (Å²) in [5.41, 5.74) is 5.41. The Kier molecular flexibility index (Phi) is 6.04. The first-order chi connectivity index (χ1) is 19.5. The van der Waals surface area contributed by atoms with Gasteiger partial charge in [0.2, 0.25) is 5.91 Å². The van der Waals surface area contributed by atoms with E-state index in [9.17, 15) is 9.90 Å². The molecule has 8 saturated carbocycles. The third-order valence-electron chi connectivity index (χ3n) is 11.8. The molecule has 10 rings (SSSR count). The number of phenolic OH excluding ortho intramolecular Hbond substituents is 1. The third kappa shape index (κ3) is 4.37. The number of carbonyl (C=O) groups excluding carboxylic acids is 1. The van der Waals surface area contributed by atoms with E-state index in [1.54, 1.807) is 5.57 Å². The van der Waals surface area contributed by atoms with Crippen LogP contribution in [0, 0.1) is 46.8 Å². The van der Waals surface area contributed by atoms with E-state index in [4.69, 9.17) is 4.74 Å². The molecule has 4 nitrogen and oxygen atoms in total. The van der Waals surface area contributed by atoms with Crippen molar-refractivity contribution in [3.05, 3.63) is 65.2 Å². The van der Waals surface area contributed by atoms with Crippen molar-refractivity contribution in [1.82, 2.24) is 5.32 Å². The van der Waals surface area contributed by atoms with Gasteiger partial charge in [-0.25, -0.2) is 0 Å². The molecule has 0 aromatic heterocycles. The summed E-state index contributed by atoms with van der Waals surface area (Å²) in [4.78, 5) is 13.3. The van der Waals surface area contributed by atoms with E-state index in [1.165, 1.54) is 68.1 Å². The number of aromatic hydroxyl groups is 1. The van der Waals surface area contributed by atoms with Crippen LogP contribution in [-0.2, 0) is 4.79 Å². The molecule has 8 aliphatic rings. The standard InChI is InChI=1S/C36H43NO3/c38-31-5-1-27(2-6-31)33(34-29-15-22-11-23(17-29)18-30(34)16-22)28-3-7-32(8-4-28)40-10-9-37-35(39)36-19-24-12-25(20-36)14-26(13-24)21-36/h1-8,22-26,29-30,38H,9-21H2,(H,37,39). The zero-order valence-corrected chi connectivity index (χ0v) is 23.6. The Bertz CT molecular complexity index is 1240. The lowest BCUT2D eigenvalue weighted by Crippen LogP contribution is -2.54. The minimum atomic E-state index is -0.0908. The van der Waals surface area contributed by atoms with Gasteiger partial charge in [0.25, 0.3) is 0 Å². The van der Waals surface area contributed by atoms with Crippen LogP contribution in [0.1, 0.15) is 81.8 Å². The molecule has 2 N–H and O–H groups in total. The topological polar surface area (TPSA) is 58.6 Å². The molecule has 8 aliphatic carbocycles. The molecule has 0 spiro atoms. The highest BCUT2D eigenvalue weighted by Crippen LogP contribution is 2.60. The van der Waals surface area contributed by atoms with E-state index in [2.05, 4.69) is 41.7 Å². The second kappa shape index (κ2) is 9.67. The van der Waals surface area contributed by atoms with Crippen molar-refractivity contribution in [3.8, 4) is 11.5 Å². The van der Waals surface area contributed by atoms with Crippen LogP contribution in [0.15, 0.2) is 54.1 Å². The lowest BCUT2D eigenvalue weighted by atomic mass is 9.49. The molecule has 2 aromatic rings. The fourth-order valence-corrected chi connectivity index (χ4v) is 10.9. The maximum absolute atomic E-state index is 13.3. The highest BCUT2D eigenvalue weighted by Gasteiger charge is 2.54. The van der Waals surface area contributed by atoms with Gasteiger partial charge in [-0.05, 0) is 153 Å². The van der Waals surface area contributed by atoms with Crippen LogP contribution < -0.4 is 10.1 Å². The molecule has 0 heterocycles. The maximum Gasteiger partial charge on any atom is 0.226 e. The number of ether oxygens (including phenoxy) is 1. The number of nitrogens with one attached hydrogen (secondary N) is 1. The molecule has 8 bridgehead atoms. The molecule has 0 saturated heterocycles. The minimum absolute atomic E-state index is 0.0908. The van der Waals surface area contributed by atoms with E-state index >= 15 is 0 Å². The van der Waals surface area contributed by atoms with Gasteiger partial charge in [0, 0.05) is 5.41 Å². The molecular weight excluding hydrogens is 494 g/mol. The molecule has 8 fully saturated rings. The largest absolute Gasteiger partial charge is 0.508 e. The normalized spacial score (nSPS) is 36.6. The predicted molar refractivity (Wildman–Crippen MR) is 157 cm³/mol. The number of carbonyl (C=O) groups is 1. The summed E-state index contributed by atoms with van der Waals surface area (Å²) in [6.45, 7) is 1.06. The van der Waals surface area contributed by atoms with Crippen LogP contribution in [0.25, 0.3) is 5.57 Å². The van der Waals surface area contributed by atoms with Crippen molar-refractivity contribution < 1.29 is 14.6 Å². The third-order valence-corrected chi connectivity index (χ3v) is 11.8. The fourth-order valence-electron chi connectivity index (χ4n) is 10.9. The van der Waals surface area contributed by atoms with Gasteiger partial charge < -0.3 is 15.2 Å². The Hall–Kier alpha value is -2.75. The second-order valence-corrected chi connectivity index (χ2v) is 14.5. The number of allylic oxidation sites excluding steroid dienone is 1. The van der Waals surface area contributed by atoms with E-state index in [0.717, 1.165) is 54.6 Å². The van der Waals surface area contributed by atoms with E-state index in [-0.39, 0.29) is 11.3 Å². The summed E-state index contributed by atoms with van der Waals surface area (Å²) < 4.78 is 6.11. The summed E-state index contributed by atoms with van der Waals surface area (Å²) in [6.07, 6.45) is 14.2. The number of benzene rings is 2. The lowest BCUT2D eigenvalue weighted by molar-refractivity contribution is -0.146. The summed E-state index contributed by atoms with van der Waals surface area (Å²) in [5.74, 6) is 7.06. The smallest absolute Gasteiger partial charge is 0.226 e. The van der Waals surface area contributed by atoms with Gasteiger partial charge in [0.05, 0.1) is 6.54 Å². The predicted octanol–water partition coefficient (Wildman–Crippen LogP) is 7.36. The second-order valence-electron chi connectivity index (χ2n) is 14.5. The van der Waals surface area contributed by atoms with Crippen molar-refractivity contribution >= 4 is 11.5 Å². The van der Waals surface area contributed by atoms with Crippen LogP contribution in [0.2, 0.25) is 0 Å². The van der Waals surface area contributed by atoms with Crippen LogP contribution >= 0.6 is 0 Å². The SMILES string of the molecule is O=C(NCCOc1ccc(C(=C2C3CC4CC(C3)CC2C4)c2ccc(O)cc2)cc1)C12CC3CC(CC(C3)C1)C2. The number of hydrogen-bond donors (Lipinski definition) is 2. The van der Waals surface area contributed by atoms with Gasteiger partial charge in [-0.15, -0.1) is 0 Å². The summed E-state index contributed by atoms with van der Waals surface area (Å²) in [6, 6.07) is 16.4. The molecule has 0 aliphatic heterocycles. The Morgan fingerprint density at radius 3 is 1.77 bits per heavy atom. The van der Waals surface area contributed by atoms with Gasteiger partial charge >= 0.3 is 0 Å². The van der Waals surface area contributed by atoms with Crippen molar-refractivity contribution in [2.24, 2.45) is 46.8 Å². The van der Waals surface area contributed by atoms with Gasteiger partial charge in [-0.3, -0.25) is 4.79 Å². The zero-order chi connectivity index (χ0) is 26.8. The minimum Gasteiger partial charge on any atom is -0.508 e. The average Bonchev–Trinajstić information content (AvgIpc) is 2.93. The van der Waals surface area contributed by atoms with Crippen molar-refractivity contribution in [3.63, 3.8) is 0 Å². The first-order valence-electron chi connectivity index (χ1n) is 16.1. The fraction of sp³-hybridized carbons (Fsp3) is 0.583. The Balaban J connectivity index is 0.956. The highest BCUT2D eigenvalue weighted by atomic mass is 16.5. The van der Waals surface area contributed by atoms with Crippen LogP contribution in [0.4, 0.5) is 0 Å². The molecule has 0 atom stereocenters. The Morgan fingerprint density at radius 2 is 1.23 bits per heavy atom. The first kappa shape index (κ1) is 25.0.